The lowest BCUT2D eigenvalue weighted by molar-refractivity contribution is -0.908. The van der Waals surface area contributed by atoms with Gasteiger partial charge in [-0.15, -0.1) is 0 Å². The van der Waals surface area contributed by atoms with Crippen molar-refractivity contribution in [1.29, 1.82) is 0 Å². The summed E-state index contributed by atoms with van der Waals surface area (Å²) in [5.41, 5.74) is 0. The zero-order chi connectivity index (χ0) is 31.0. The third kappa shape index (κ3) is 39.6. The van der Waals surface area contributed by atoms with Crippen molar-refractivity contribution in [2.24, 2.45) is 0 Å². The number of hydrogen-bond acceptors (Lipinski definition) is 39. The van der Waals surface area contributed by atoms with E-state index in [2.05, 4.69) is 209 Å². The first-order valence-corrected chi connectivity index (χ1v) is 7.62. The van der Waals surface area contributed by atoms with Crippen LogP contribution in [0.4, 0.5) is 0 Å². The highest BCUT2D eigenvalue weighted by molar-refractivity contribution is 4.41. The average molecular weight is 678 g/mol. The molecule has 0 aliphatic heterocycles. The Bertz CT molecular complexity index is 465. The summed E-state index contributed by atoms with van der Waals surface area (Å²) < 4.78 is 0. The molecule has 43 heavy (non-hydrogen) atoms. The maximum Gasteiger partial charge on any atom is 0.125 e. The zero-order valence-corrected chi connectivity index (χ0v) is 18.5. The molecule has 0 saturated heterocycles. The van der Waals surface area contributed by atoms with Gasteiger partial charge in [0.25, 0.3) is 0 Å². The highest BCUT2D eigenvalue weighted by atomic mass is 18.0. The van der Waals surface area contributed by atoms with Gasteiger partial charge in [0.05, 0.1) is 0 Å². The normalized spacial score (nSPS) is 11.2. The number of rotatable bonds is 40. The molecular weight excluding hydrogens is 672 g/mol. The van der Waals surface area contributed by atoms with E-state index in [1.165, 1.54) is 0 Å². The molecule has 0 rings (SSSR count). The average Bonchev–Trinajstić information content (AvgIpc) is 3.02. The van der Waals surface area contributed by atoms with Crippen LogP contribution in [0.5, 0.6) is 0 Å². The van der Waals surface area contributed by atoms with Crippen LogP contribution in [-0.4, -0.2) is 0 Å². The fourth-order valence-electron chi connectivity index (χ4n) is 0.485. The van der Waals surface area contributed by atoms with E-state index in [1.807, 2.05) is 0 Å². The predicted octanol–water partition coefficient (Wildman–Crippen LogP) is -1.31. The quantitative estimate of drug-likeness (QED) is 0.0314. The monoisotopic (exact) mass is 678 g/mol. The summed E-state index contributed by atoms with van der Waals surface area (Å²) in [5.74, 6) is 0. The van der Waals surface area contributed by atoms with Crippen LogP contribution < -0.4 is 0 Å². The van der Waals surface area contributed by atoms with Gasteiger partial charge in [-0.25, -0.2) is 0 Å². The largest absolute Gasteiger partial charge is 0.315 e. The first-order valence-electron chi connectivity index (χ1n) is 7.62. The molecule has 256 valence electrons. The SMILES string of the molecule is C=COOOOOOOOOOOOOOOOOOOOOOOOOOOOOOOOOOOOOOOC=C. The van der Waals surface area contributed by atoms with Crippen LogP contribution in [-0.2, 0) is 196 Å². The van der Waals surface area contributed by atoms with Crippen LogP contribution in [0.15, 0.2) is 25.7 Å². The van der Waals surface area contributed by atoms with Crippen LogP contribution in [0.3, 0.4) is 0 Å². The molecule has 0 amide bonds. The summed E-state index contributed by atoms with van der Waals surface area (Å²) in [4.78, 5) is 7.86. The standard InChI is InChI=1S/C4H6O39/c1-3-5-7-9-11-13-15-17-19-21-23-25-27-29-31-33-35-37-39-41-43-42-40-38-36-34-32-30-28-26-24-22-20-18-16-14-12-10-8-6-4-2/h3-4H,1-2H2. The minimum atomic E-state index is 0.819. The maximum absolute atomic E-state index is 3.93. The molecule has 0 radical (unpaired) electrons. The first-order chi connectivity index (χ1) is 21.4. The molecule has 39 heteroatoms. The van der Waals surface area contributed by atoms with Gasteiger partial charge >= 0.3 is 0 Å². The minimum absolute atomic E-state index is 0.819. The zero-order valence-electron chi connectivity index (χ0n) is 18.5. The summed E-state index contributed by atoms with van der Waals surface area (Å²) in [6.07, 6.45) is 1.64. The van der Waals surface area contributed by atoms with E-state index in [-0.39, 0.29) is 0 Å². The molecule has 0 aromatic carbocycles. The van der Waals surface area contributed by atoms with Crippen LogP contribution >= 0.6 is 0 Å². The third-order valence-electron chi connectivity index (χ3n) is 1.21. The summed E-state index contributed by atoms with van der Waals surface area (Å²) >= 11 is 0. The lowest BCUT2D eigenvalue weighted by Gasteiger charge is -1.99. The number of hydrogen-bond donors (Lipinski definition) is 0. The van der Waals surface area contributed by atoms with Crippen LogP contribution in [0.1, 0.15) is 0 Å². The first kappa shape index (κ1) is 40.6. The molecule has 0 saturated carbocycles. The molecule has 0 N–H and O–H groups in total. The van der Waals surface area contributed by atoms with Gasteiger partial charge in [0.2, 0.25) is 0 Å². The molecule has 0 aliphatic carbocycles. The van der Waals surface area contributed by atoms with Crippen molar-refractivity contribution in [3.05, 3.63) is 25.7 Å². The van der Waals surface area contributed by atoms with Crippen molar-refractivity contribution in [1.82, 2.24) is 0 Å². The van der Waals surface area contributed by atoms with Gasteiger partial charge in [0, 0.05) is 186 Å². The smallest absolute Gasteiger partial charge is 0.125 e. The Hall–Kier alpha value is -2.40. The molecule has 0 aromatic heterocycles. The van der Waals surface area contributed by atoms with Crippen LogP contribution in [0, 0.1) is 0 Å². The highest BCUT2D eigenvalue weighted by Gasteiger charge is 2.03. The van der Waals surface area contributed by atoms with Crippen molar-refractivity contribution in [2.75, 3.05) is 0 Å². The van der Waals surface area contributed by atoms with Gasteiger partial charge in [-0.2, -0.15) is 0 Å². The second-order valence-electron chi connectivity index (χ2n) is 3.04. The van der Waals surface area contributed by atoms with Gasteiger partial charge in [0.15, 0.2) is 0 Å². The Labute approximate surface area is 223 Å². The summed E-state index contributed by atoms with van der Waals surface area (Å²) in [5, 5.41) is 131. The second-order valence-corrected chi connectivity index (χ2v) is 3.04. The molecule has 0 bridgehead atoms. The van der Waals surface area contributed by atoms with Gasteiger partial charge in [-0.05, 0) is 0 Å². The van der Waals surface area contributed by atoms with Gasteiger partial charge in [0.1, 0.15) is 12.5 Å². The second kappa shape index (κ2) is 39.6. The Balaban J connectivity index is 3.03. The summed E-state index contributed by atoms with van der Waals surface area (Å²) in [7, 11) is 0. The van der Waals surface area contributed by atoms with E-state index < -0.39 is 0 Å². The fourth-order valence-corrected chi connectivity index (χ4v) is 0.485. The molecule has 0 aromatic rings. The molecule has 0 spiro atoms. The maximum atomic E-state index is 3.93. The highest BCUT2D eigenvalue weighted by Crippen LogP contribution is 1.96. The minimum Gasteiger partial charge on any atom is -0.315 e. The summed E-state index contributed by atoms with van der Waals surface area (Å²) in [6.45, 7) is 6.13. The third-order valence-corrected chi connectivity index (χ3v) is 1.21. The van der Waals surface area contributed by atoms with Crippen molar-refractivity contribution in [3.63, 3.8) is 0 Å². The van der Waals surface area contributed by atoms with Gasteiger partial charge < -0.3 is 9.78 Å². The van der Waals surface area contributed by atoms with E-state index in [4.69, 9.17) is 0 Å². The lowest BCUT2D eigenvalue weighted by atomic mass is 11.2. The van der Waals surface area contributed by atoms with Gasteiger partial charge in [-0.1, -0.05) is 13.2 Å². The van der Waals surface area contributed by atoms with Crippen molar-refractivity contribution in [2.45, 2.75) is 0 Å². The fraction of sp³-hybridized carbons (Fsp3) is 0. The van der Waals surface area contributed by atoms with Crippen LogP contribution in [0.2, 0.25) is 0 Å². The molecule has 0 atom stereocenters. The molecular formula is C4H6O39. The van der Waals surface area contributed by atoms with Gasteiger partial charge in [-0.3, -0.25) is 0 Å². The van der Waals surface area contributed by atoms with E-state index in [9.17, 15) is 0 Å². The van der Waals surface area contributed by atoms with E-state index in [0.717, 1.165) is 12.5 Å². The lowest BCUT2D eigenvalue weighted by Crippen LogP contribution is -2.06. The van der Waals surface area contributed by atoms with Crippen molar-refractivity contribution >= 4 is 0 Å². The Morgan fingerprint density at radius 2 is 0.256 bits per heavy atom. The molecule has 0 aliphatic rings. The molecule has 0 fully saturated rings. The van der Waals surface area contributed by atoms with Crippen molar-refractivity contribution in [3.8, 4) is 0 Å². The van der Waals surface area contributed by atoms with E-state index >= 15 is 0 Å². The topological polar surface area (TPSA) is 360 Å². The van der Waals surface area contributed by atoms with E-state index in [1.54, 1.807) is 0 Å². The van der Waals surface area contributed by atoms with Crippen molar-refractivity contribution < 1.29 is 196 Å². The summed E-state index contributed by atoms with van der Waals surface area (Å²) in [6, 6.07) is 0. The Morgan fingerprint density at radius 1 is 0.163 bits per heavy atom. The molecule has 0 heterocycles. The molecule has 0 unspecified atom stereocenters. The predicted molar refractivity (Wildman–Crippen MR) is 62.7 cm³/mol. The van der Waals surface area contributed by atoms with Crippen LogP contribution in [0.25, 0.3) is 0 Å². The Morgan fingerprint density at radius 3 is 0.349 bits per heavy atom. The van der Waals surface area contributed by atoms with E-state index in [0.29, 0.717) is 0 Å². The molecule has 39 nitrogen and oxygen atoms in total. The Kier molecular flexibility index (Phi) is 37.4.